The molecule has 41 heteroatoms. The summed E-state index contributed by atoms with van der Waals surface area (Å²) < 4.78 is 127. The maximum absolute atomic E-state index is 14.2. The Morgan fingerprint density at radius 3 is 1.08 bits per heavy atom. The number of carbonyl (C=O) groups excluding carboxylic acids is 2. The van der Waals surface area contributed by atoms with Crippen LogP contribution in [0.15, 0.2) is 117 Å². The number of rotatable bonds is 34. The number of halogens is 7. The number of aliphatic hydroxyl groups is 3. The summed E-state index contributed by atoms with van der Waals surface area (Å²) in [5, 5.41) is 63.0. The number of methoxy groups -OCH3 is 3. The summed E-state index contributed by atoms with van der Waals surface area (Å²) in [6, 6.07) is 16.7. The second kappa shape index (κ2) is 43.3. The molecule has 0 aliphatic heterocycles. The van der Waals surface area contributed by atoms with Gasteiger partial charge in [0.1, 0.15) is 59.4 Å². The molecule has 12 N–H and O–H groups in total. The highest BCUT2D eigenvalue weighted by Crippen LogP contribution is 2.43. The molecule has 0 fully saturated rings. The fraction of sp³-hybridized carbons (Fsp3) is 0.346. The first-order valence-corrected chi connectivity index (χ1v) is 36.9. The molecule has 0 spiro atoms. The molecule has 0 aliphatic carbocycles. The van der Waals surface area contributed by atoms with E-state index < -0.39 is 71.3 Å². The molecule has 34 nitrogen and oxygen atoms in total. The molecule has 0 bridgehead atoms. The van der Waals surface area contributed by atoms with Crippen molar-refractivity contribution in [2.45, 2.75) is 58.3 Å². The van der Waals surface area contributed by atoms with Crippen molar-refractivity contribution in [2.75, 3.05) is 181 Å². The van der Waals surface area contributed by atoms with Gasteiger partial charge >= 0.3 is 0 Å². The van der Waals surface area contributed by atoms with Crippen molar-refractivity contribution in [2.24, 2.45) is 0 Å². The Hall–Kier alpha value is -11.5. The van der Waals surface area contributed by atoms with E-state index in [0.29, 0.717) is 76.6 Å². The minimum absolute atomic E-state index is 0.00600. The summed E-state index contributed by atoms with van der Waals surface area (Å²) in [5.41, 5.74) is 6.68. The van der Waals surface area contributed by atoms with Gasteiger partial charge in [-0.25, -0.2) is 43.1 Å². The van der Waals surface area contributed by atoms with Gasteiger partial charge in [0.25, 0.3) is 5.69 Å². The highest BCUT2D eigenvalue weighted by Gasteiger charge is 2.29. The Morgan fingerprint density at radius 2 is 0.782 bits per heavy atom. The Balaban J connectivity index is 0.000000288. The fourth-order valence-corrected chi connectivity index (χ4v) is 11.1. The monoisotopic (exact) mass is 1740 g/mol. The number of nitrogen functional groups attached to an aromatic ring is 1. The van der Waals surface area contributed by atoms with Crippen LogP contribution in [0.4, 0.5) is 117 Å². The van der Waals surface area contributed by atoms with Gasteiger partial charge in [-0.1, -0.05) is 48.0 Å². The summed E-state index contributed by atoms with van der Waals surface area (Å²) in [5.74, 6) is -1.05. The second-order valence-electron chi connectivity index (χ2n) is 27.5. The molecule has 0 atom stereocenters. The van der Waals surface area contributed by atoms with E-state index in [0.717, 1.165) is 30.4 Å². The van der Waals surface area contributed by atoms with Crippen LogP contribution in [0.5, 0.6) is 17.2 Å². The molecule has 640 valence electrons. The Morgan fingerprint density at radius 1 is 0.487 bits per heavy atom. The van der Waals surface area contributed by atoms with Crippen LogP contribution in [-0.2, 0) is 26.4 Å². The molecule has 1 amide bonds. The number of nitrogens with one attached hydrogen (secondary N) is 7. The number of nitrogens with zero attached hydrogens (tertiary/aromatic N) is 16. The minimum atomic E-state index is -2.30. The summed E-state index contributed by atoms with van der Waals surface area (Å²) in [6.07, 6.45) is 5.85. The van der Waals surface area contributed by atoms with Crippen LogP contribution >= 0.6 is 46.4 Å². The van der Waals surface area contributed by atoms with Crippen molar-refractivity contribution in [1.82, 2.24) is 59.6 Å². The van der Waals surface area contributed by atoms with Gasteiger partial charge in [-0.15, -0.1) is 0 Å². The van der Waals surface area contributed by atoms with Gasteiger partial charge < -0.3 is 102 Å². The predicted molar refractivity (Wildman–Crippen MR) is 465 cm³/mol. The van der Waals surface area contributed by atoms with E-state index in [-0.39, 0.29) is 116 Å². The van der Waals surface area contributed by atoms with Gasteiger partial charge in [-0.3, -0.25) is 19.7 Å². The summed E-state index contributed by atoms with van der Waals surface area (Å²) in [6.45, 7) is 10.4. The third kappa shape index (κ3) is 28.6. The number of nitro benzene ring substituents is 1. The van der Waals surface area contributed by atoms with E-state index in [4.69, 9.17) is 78.7 Å². The lowest BCUT2D eigenvalue weighted by Gasteiger charge is -2.26. The number of allylic oxidation sites excluding steroid dienone is 1. The third-order valence-electron chi connectivity index (χ3n) is 16.7. The minimum Gasteiger partial charge on any atom is -0.494 e. The van der Waals surface area contributed by atoms with E-state index in [1.807, 2.05) is 4.90 Å². The number of hydrogen-bond donors (Lipinski definition) is 11. The number of nitrogens with two attached hydrogens (primary N) is 1. The van der Waals surface area contributed by atoms with Crippen molar-refractivity contribution >= 4 is 161 Å². The lowest BCUT2D eigenvalue weighted by atomic mass is 9.96. The quantitative estimate of drug-likeness (QED) is 0.00586. The molecule has 6 aromatic carbocycles. The first-order chi connectivity index (χ1) is 59.4. The van der Waals surface area contributed by atoms with E-state index >= 15 is 0 Å². The average molecular weight is 1740 g/mol. The molecule has 3 aromatic heterocycles. The third-order valence-corrected chi connectivity index (χ3v) is 17.7. The van der Waals surface area contributed by atoms with Crippen LogP contribution in [0.25, 0.3) is 0 Å². The second-order valence-corrected chi connectivity index (χ2v) is 29.1. The van der Waals surface area contributed by atoms with Crippen molar-refractivity contribution in [1.29, 1.82) is 0 Å². The maximum atomic E-state index is 14.2. The number of aromatic nitrogens is 9. The first-order valence-electron chi connectivity index (χ1n) is 39.8. The van der Waals surface area contributed by atoms with Crippen molar-refractivity contribution in [3.05, 3.63) is 176 Å². The highest BCUT2D eigenvalue weighted by atomic mass is 35.5. The van der Waals surface area contributed by atoms with E-state index in [2.05, 4.69) is 95.2 Å². The molecule has 0 radical (unpaired) electrons. The Labute approximate surface area is 720 Å². The zero-order valence-electron chi connectivity index (χ0n) is 76.5. The largest absolute Gasteiger partial charge is 0.494 e. The molecule has 0 unspecified atom stereocenters. The number of anilines is 17. The molecule has 0 saturated carbocycles. The lowest BCUT2D eigenvalue weighted by Crippen LogP contribution is -2.29. The fourth-order valence-electron chi connectivity index (χ4n) is 10.6. The van der Waals surface area contributed by atoms with Crippen molar-refractivity contribution in [3.8, 4) is 17.2 Å². The standard InChI is InChI=1S/C27H34ClFN8O3.C24H30ClFN8O4.C24H32ClFN8O2.C3H3ClO/c1-8-24(38)32-20-13-21(23(40-7)14-22(20)37(6)10-9-36(4)5)34-26-31-15-30-25(35-26)33-19-12-17(28)18(29)11-16(19)27(2,3)39;1-24(2,35)14-9-16(26)15(25)10-17(14)29-22-27-13-28-23(31-22)30-18-11-20(34(36)37)19(12-21(18)38-6)33(5)8-7-32(3)4;1-24(2,35)14-9-16(26)15(25)10-18(14)30-22-28-13-29-23(32-22)31-19-11-17(27)20(12-21(19)36-6)34(5)8-7-33(3)4;1-2-3(4)5/h8,11-15,39H,1,9-10H2,2-7H3,(H,32,38)(H2,30,31,33,34,35);9-13,35H,7-8H2,1-6H3,(H2,27,28,29,30,31);9-13,35H,7-8,27H2,1-6H3,(H2,28,29,30,31,32);2H,1H2/i4D3;2*3D3;. The van der Waals surface area contributed by atoms with Gasteiger partial charge in [0.2, 0.25) is 46.8 Å². The van der Waals surface area contributed by atoms with Crippen LogP contribution < -0.4 is 71.9 Å². The number of benzene rings is 6. The topological polar surface area (TPSA) is 411 Å². The van der Waals surface area contributed by atoms with Crippen LogP contribution in [0.1, 0.15) is 70.6 Å². The van der Waals surface area contributed by atoms with E-state index in [9.17, 15) is 48.2 Å². The molecule has 3 heterocycles. The van der Waals surface area contributed by atoms with Gasteiger partial charge in [0.15, 0.2) is 0 Å². The number of ether oxygens (including phenoxy) is 3. The zero-order valence-corrected chi connectivity index (χ0v) is 70.6. The van der Waals surface area contributed by atoms with Crippen LogP contribution in [-0.4, -0.2) is 215 Å². The molecule has 9 aromatic rings. The highest BCUT2D eigenvalue weighted by molar-refractivity contribution is 6.66. The average Bonchev–Trinajstić information content (AvgIpc) is 0.809. The summed E-state index contributed by atoms with van der Waals surface area (Å²) >= 11 is 22.6. The van der Waals surface area contributed by atoms with Crippen LogP contribution in [0, 0.1) is 27.6 Å². The first kappa shape index (κ1) is 82.6. The van der Waals surface area contributed by atoms with Gasteiger partial charge in [-0.2, -0.15) is 15.0 Å². The van der Waals surface area contributed by atoms with Gasteiger partial charge in [-0.05, 0) is 156 Å². The van der Waals surface area contributed by atoms with Crippen molar-refractivity contribution < 1.29 is 69.6 Å². The number of likely N-dealkylation sites (N-methyl/N-ethyl adjacent to an activating group) is 6. The summed E-state index contributed by atoms with van der Waals surface area (Å²) in [4.78, 5) is 79.6. The summed E-state index contributed by atoms with van der Waals surface area (Å²) in [7, 11) is 14.0. The molecule has 9 rings (SSSR count). The predicted octanol–water partition coefficient (Wildman–Crippen LogP) is 13.7. The van der Waals surface area contributed by atoms with E-state index in [1.165, 1.54) is 148 Å². The lowest BCUT2D eigenvalue weighted by molar-refractivity contribution is -0.384. The van der Waals surface area contributed by atoms with Crippen LogP contribution in [0.3, 0.4) is 0 Å². The Kier molecular flexibility index (Phi) is 30.0. The van der Waals surface area contributed by atoms with Crippen LogP contribution in [0.2, 0.25) is 15.1 Å². The number of amides is 1. The zero-order chi connectivity index (χ0) is 96.2. The SMILES string of the molecule is C=CC(=O)Cl.[2H]C([2H])([2H])N(C)CCN(C)c1cc(OC)c(Nc2ncnc(Nc3cc(Cl)c(F)cc3C(C)(C)O)n2)cc1N.[2H]C([2H])([2H])N(C)CCN(C)c1cc(OC)c(Nc2ncnc(Nc3cc(Cl)c(F)cc3C(C)(C)O)n2)cc1NC(=O)C=C.[2H]C([2H])([2H])N(C)CCN(C)c1cc(OC)c(Nc2ncnc(Nc3cc(Cl)c(F)cc3C(C)(C)O)n2)cc1[N+](=O)[O-]. The molecular weight excluding hydrogens is 1630 g/mol. The number of nitro groups is 1. The molecule has 0 saturated heterocycles. The van der Waals surface area contributed by atoms with Gasteiger partial charge in [0.05, 0.1) is 97.9 Å². The van der Waals surface area contributed by atoms with E-state index in [1.54, 1.807) is 55.2 Å². The number of carbonyl (C=O) groups is 2. The molecule has 0 aliphatic rings. The normalized spacial score (nSPS) is 12.6. The number of hydrogen-bond acceptors (Lipinski definition) is 32. The smallest absolute Gasteiger partial charge is 0.294 e. The van der Waals surface area contributed by atoms with Crippen molar-refractivity contribution in [3.63, 3.8) is 0 Å². The molecular formula is C78H99Cl4F3N24O10. The maximum Gasteiger partial charge on any atom is 0.294 e. The van der Waals surface area contributed by atoms with Gasteiger partial charge in [0, 0.05) is 131 Å². The molecule has 119 heavy (non-hydrogen) atoms. The Bertz CT molecular complexity index is 5420.